The van der Waals surface area contributed by atoms with Gasteiger partial charge in [0, 0.05) is 31.0 Å². The molecule has 0 amide bonds. The Kier molecular flexibility index (Phi) is 2.40. The van der Waals surface area contributed by atoms with Gasteiger partial charge in [-0.15, -0.1) is 0 Å². The summed E-state index contributed by atoms with van der Waals surface area (Å²) in [7, 11) is 1.99. The highest BCUT2D eigenvalue weighted by atomic mass is 15.2. The largest absolute Gasteiger partial charge is 0.385 e. The molecule has 3 nitrogen and oxygen atoms in total. The van der Waals surface area contributed by atoms with E-state index in [0.717, 1.165) is 12.5 Å². The molecule has 1 aliphatic carbocycles. The van der Waals surface area contributed by atoms with Crippen LogP contribution < -0.4 is 5.32 Å². The molecule has 1 aliphatic heterocycles. The molecule has 2 aromatic rings. The van der Waals surface area contributed by atoms with E-state index in [1.54, 1.807) is 0 Å². The van der Waals surface area contributed by atoms with E-state index >= 15 is 0 Å². The molecule has 1 aromatic carbocycles. The van der Waals surface area contributed by atoms with Crippen molar-refractivity contribution in [3.8, 4) is 11.1 Å². The van der Waals surface area contributed by atoms with Gasteiger partial charge in [-0.3, -0.25) is 4.68 Å². The van der Waals surface area contributed by atoms with Crippen LogP contribution >= 0.6 is 0 Å². The average Bonchev–Trinajstić information content (AvgIpc) is 3.19. The summed E-state index contributed by atoms with van der Waals surface area (Å²) in [6.45, 7) is 1.11. The van der Waals surface area contributed by atoms with Gasteiger partial charge >= 0.3 is 0 Å². The maximum Gasteiger partial charge on any atom is 0.0568 e. The zero-order valence-corrected chi connectivity index (χ0v) is 11.3. The number of aryl methyl sites for hydroxylation is 2. The zero-order chi connectivity index (χ0) is 12.8. The monoisotopic (exact) mass is 253 g/mol. The highest BCUT2D eigenvalue weighted by Gasteiger charge is 2.28. The fourth-order valence-corrected chi connectivity index (χ4v) is 3.08. The van der Waals surface area contributed by atoms with Crippen molar-refractivity contribution in [1.82, 2.24) is 9.78 Å². The van der Waals surface area contributed by atoms with Gasteiger partial charge in [-0.05, 0) is 60.4 Å². The van der Waals surface area contributed by atoms with Gasteiger partial charge in [0.2, 0.25) is 0 Å². The summed E-state index contributed by atoms with van der Waals surface area (Å²) in [6, 6.07) is 4.79. The van der Waals surface area contributed by atoms with E-state index in [4.69, 9.17) is 0 Å². The number of hydrogen-bond donors (Lipinski definition) is 1. The fraction of sp³-hybridized carbons (Fsp3) is 0.438. The van der Waals surface area contributed by atoms with Gasteiger partial charge < -0.3 is 5.32 Å². The number of benzene rings is 1. The molecule has 1 N–H and O–H groups in total. The molecule has 98 valence electrons. The normalized spacial score (nSPS) is 17.9. The summed E-state index contributed by atoms with van der Waals surface area (Å²) in [5.41, 5.74) is 7.01. The number of aromatic nitrogens is 2. The molecule has 2 heterocycles. The molecule has 0 spiro atoms. The van der Waals surface area contributed by atoms with Gasteiger partial charge in [0.1, 0.15) is 0 Å². The third kappa shape index (κ3) is 1.93. The van der Waals surface area contributed by atoms with Gasteiger partial charge in [-0.1, -0.05) is 0 Å². The SMILES string of the molecule is Cn1cc(-c2cc3c(cc2C2CC2)NCCC3)cn1. The zero-order valence-electron chi connectivity index (χ0n) is 11.3. The molecule has 0 bridgehead atoms. The van der Waals surface area contributed by atoms with Crippen molar-refractivity contribution in [3.63, 3.8) is 0 Å². The highest BCUT2D eigenvalue weighted by Crippen LogP contribution is 2.46. The minimum atomic E-state index is 0.768. The Morgan fingerprint density at radius 1 is 1.32 bits per heavy atom. The Morgan fingerprint density at radius 2 is 2.21 bits per heavy atom. The smallest absolute Gasteiger partial charge is 0.0568 e. The van der Waals surface area contributed by atoms with Crippen molar-refractivity contribution in [3.05, 3.63) is 35.7 Å². The number of anilines is 1. The van der Waals surface area contributed by atoms with E-state index in [0.29, 0.717) is 0 Å². The first-order valence-corrected chi connectivity index (χ1v) is 7.21. The van der Waals surface area contributed by atoms with Crippen LogP contribution in [0.4, 0.5) is 5.69 Å². The Bertz CT molecular complexity index is 623. The predicted molar refractivity (Wildman–Crippen MR) is 77.4 cm³/mol. The van der Waals surface area contributed by atoms with Crippen molar-refractivity contribution in [2.75, 3.05) is 11.9 Å². The first kappa shape index (κ1) is 11.1. The summed E-state index contributed by atoms with van der Waals surface area (Å²) in [5, 5.41) is 7.88. The lowest BCUT2D eigenvalue weighted by Crippen LogP contribution is -2.12. The second-order valence-corrected chi connectivity index (χ2v) is 5.80. The number of fused-ring (bicyclic) bond motifs is 1. The van der Waals surface area contributed by atoms with Crippen LogP contribution in [-0.2, 0) is 13.5 Å². The lowest BCUT2D eigenvalue weighted by molar-refractivity contribution is 0.768. The first-order chi connectivity index (χ1) is 9.31. The Balaban J connectivity index is 1.87. The fourth-order valence-electron chi connectivity index (χ4n) is 3.08. The number of hydrogen-bond acceptors (Lipinski definition) is 2. The highest BCUT2D eigenvalue weighted by molar-refractivity contribution is 5.73. The molecule has 4 rings (SSSR count). The quantitative estimate of drug-likeness (QED) is 0.889. The van der Waals surface area contributed by atoms with Crippen LogP contribution in [0.1, 0.15) is 36.3 Å². The van der Waals surface area contributed by atoms with Crippen LogP contribution in [-0.4, -0.2) is 16.3 Å². The number of nitrogens with one attached hydrogen (secondary N) is 1. The van der Waals surface area contributed by atoms with Crippen LogP contribution in [0.2, 0.25) is 0 Å². The summed E-state index contributed by atoms with van der Waals surface area (Å²) >= 11 is 0. The van der Waals surface area contributed by atoms with Crippen molar-refractivity contribution in [2.45, 2.75) is 31.6 Å². The molecule has 2 aliphatic rings. The van der Waals surface area contributed by atoms with Crippen LogP contribution in [0.5, 0.6) is 0 Å². The maximum absolute atomic E-state index is 4.33. The summed E-state index contributed by atoms with van der Waals surface area (Å²) in [5.74, 6) is 0.768. The third-order valence-corrected chi connectivity index (χ3v) is 4.25. The minimum absolute atomic E-state index is 0.768. The molecular formula is C16H19N3. The summed E-state index contributed by atoms with van der Waals surface area (Å²) in [6.07, 6.45) is 9.23. The number of nitrogens with zero attached hydrogens (tertiary/aromatic N) is 2. The van der Waals surface area contributed by atoms with E-state index in [2.05, 4.69) is 28.7 Å². The Labute approximate surface area is 113 Å². The van der Waals surface area contributed by atoms with Crippen LogP contribution in [0.15, 0.2) is 24.5 Å². The molecule has 1 aromatic heterocycles. The topological polar surface area (TPSA) is 29.9 Å². The second kappa shape index (κ2) is 4.12. The van der Waals surface area contributed by atoms with Crippen molar-refractivity contribution in [2.24, 2.45) is 7.05 Å². The van der Waals surface area contributed by atoms with Crippen LogP contribution in [0.3, 0.4) is 0 Å². The van der Waals surface area contributed by atoms with E-state index < -0.39 is 0 Å². The molecule has 0 radical (unpaired) electrons. The standard InChI is InChI=1S/C16H19N3/c1-19-10-13(9-18-19)14-7-12-3-2-6-17-16(12)8-15(14)11-4-5-11/h7-11,17H,2-6H2,1H3. The molecule has 0 unspecified atom stereocenters. The van der Waals surface area contributed by atoms with E-state index in [1.807, 2.05) is 17.9 Å². The third-order valence-electron chi connectivity index (χ3n) is 4.25. The van der Waals surface area contributed by atoms with Gasteiger partial charge in [-0.2, -0.15) is 5.10 Å². The summed E-state index contributed by atoms with van der Waals surface area (Å²) < 4.78 is 1.89. The molecule has 0 saturated heterocycles. The van der Waals surface area contributed by atoms with Gasteiger partial charge in [0.15, 0.2) is 0 Å². The van der Waals surface area contributed by atoms with Crippen molar-refractivity contribution < 1.29 is 0 Å². The van der Waals surface area contributed by atoms with Gasteiger partial charge in [0.25, 0.3) is 0 Å². The lowest BCUT2D eigenvalue weighted by atomic mass is 9.92. The predicted octanol–water partition coefficient (Wildman–Crippen LogP) is 3.32. The lowest BCUT2D eigenvalue weighted by Gasteiger charge is -2.21. The molecule has 1 saturated carbocycles. The molecule has 3 heteroatoms. The maximum atomic E-state index is 4.33. The van der Waals surface area contributed by atoms with E-state index in [-0.39, 0.29) is 0 Å². The van der Waals surface area contributed by atoms with Crippen molar-refractivity contribution >= 4 is 5.69 Å². The van der Waals surface area contributed by atoms with Crippen LogP contribution in [0.25, 0.3) is 11.1 Å². The van der Waals surface area contributed by atoms with Gasteiger partial charge in [-0.25, -0.2) is 0 Å². The molecule has 1 fully saturated rings. The second-order valence-electron chi connectivity index (χ2n) is 5.80. The molecular weight excluding hydrogens is 234 g/mol. The van der Waals surface area contributed by atoms with Crippen LogP contribution in [0, 0.1) is 0 Å². The van der Waals surface area contributed by atoms with Crippen molar-refractivity contribution in [1.29, 1.82) is 0 Å². The Hall–Kier alpha value is -1.77. The average molecular weight is 253 g/mol. The summed E-state index contributed by atoms with van der Waals surface area (Å²) in [4.78, 5) is 0. The van der Waals surface area contributed by atoms with Gasteiger partial charge in [0.05, 0.1) is 6.20 Å². The first-order valence-electron chi connectivity index (χ1n) is 7.21. The number of rotatable bonds is 2. The minimum Gasteiger partial charge on any atom is -0.385 e. The Morgan fingerprint density at radius 3 is 2.95 bits per heavy atom. The molecule has 0 atom stereocenters. The van der Waals surface area contributed by atoms with E-state index in [1.165, 1.54) is 53.6 Å². The van der Waals surface area contributed by atoms with E-state index in [9.17, 15) is 0 Å². The molecule has 19 heavy (non-hydrogen) atoms.